The molecule has 0 spiro atoms. The molecule has 2 aromatic carbocycles. The van der Waals surface area contributed by atoms with Crippen LogP contribution in [-0.4, -0.2) is 9.97 Å². The summed E-state index contributed by atoms with van der Waals surface area (Å²) in [6.45, 7) is 4.16. The fraction of sp³-hybridized carbons (Fsp3) is 0.200. The first-order chi connectivity index (χ1) is 13.2. The van der Waals surface area contributed by atoms with Crippen molar-refractivity contribution >= 4 is 34.7 Å². The molecule has 3 rings (SSSR count). The molecule has 3 aromatic rings. The highest BCUT2D eigenvalue weighted by Crippen LogP contribution is 2.35. The van der Waals surface area contributed by atoms with Gasteiger partial charge in [-0.3, -0.25) is 0 Å². The Hall–Kier alpha value is -2.80. The molecule has 0 amide bonds. The summed E-state index contributed by atoms with van der Waals surface area (Å²) >= 11 is 5.82. The zero-order chi connectivity index (χ0) is 20.3. The zero-order valence-electron chi connectivity index (χ0n) is 15.2. The van der Waals surface area contributed by atoms with E-state index < -0.39 is 11.7 Å². The second-order valence-electron chi connectivity index (χ2n) is 6.49. The van der Waals surface area contributed by atoms with E-state index in [2.05, 4.69) is 34.4 Å². The van der Waals surface area contributed by atoms with Crippen LogP contribution in [0.5, 0.6) is 0 Å². The topological polar surface area (TPSA) is 49.8 Å². The summed E-state index contributed by atoms with van der Waals surface area (Å²) < 4.78 is 40.0. The molecule has 0 atom stereocenters. The standard InChI is InChI=1S/C20H18ClF3N4/c1-12(2)13-3-7-16(8-4-13)27-19-25-11-17(20(22,23)24)18(28-19)26-15-9-5-14(21)6-10-15/h3-12H,1-2H3,(H2,25,26,27,28). The van der Waals surface area contributed by atoms with Crippen LogP contribution < -0.4 is 10.6 Å². The van der Waals surface area contributed by atoms with Crippen molar-refractivity contribution in [2.45, 2.75) is 25.9 Å². The third kappa shape index (κ3) is 4.92. The van der Waals surface area contributed by atoms with Crippen molar-refractivity contribution in [1.82, 2.24) is 9.97 Å². The minimum Gasteiger partial charge on any atom is -0.340 e. The Morgan fingerprint density at radius 3 is 2.04 bits per heavy atom. The fourth-order valence-electron chi connectivity index (χ4n) is 2.50. The molecule has 0 aliphatic carbocycles. The zero-order valence-corrected chi connectivity index (χ0v) is 15.9. The number of nitrogens with zero attached hydrogens (tertiary/aromatic N) is 2. The highest BCUT2D eigenvalue weighted by atomic mass is 35.5. The molecule has 146 valence electrons. The van der Waals surface area contributed by atoms with Crippen LogP contribution >= 0.6 is 11.6 Å². The molecule has 0 unspecified atom stereocenters. The molecule has 1 heterocycles. The molecular weight excluding hydrogens is 389 g/mol. The van der Waals surface area contributed by atoms with Crippen LogP contribution in [0, 0.1) is 0 Å². The molecular formula is C20H18ClF3N4. The number of rotatable bonds is 5. The second-order valence-corrected chi connectivity index (χ2v) is 6.92. The normalized spacial score (nSPS) is 11.5. The van der Waals surface area contributed by atoms with E-state index in [4.69, 9.17) is 11.6 Å². The predicted molar refractivity (Wildman–Crippen MR) is 106 cm³/mol. The maximum atomic E-state index is 13.3. The van der Waals surface area contributed by atoms with Crippen LogP contribution in [0.4, 0.5) is 36.3 Å². The van der Waals surface area contributed by atoms with Gasteiger partial charge < -0.3 is 10.6 Å². The lowest BCUT2D eigenvalue weighted by atomic mass is 10.0. The maximum Gasteiger partial charge on any atom is 0.421 e. The van der Waals surface area contributed by atoms with E-state index in [1.54, 1.807) is 24.3 Å². The van der Waals surface area contributed by atoms with Crippen LogP contribution in [-0.2, 0) is 6.18 Å². The molecule has 8 heteroatoms. The lowest BCUT2D eigenvalue weighted by molar-refractivity contribution is -0.137. The van der Waals surface area contributed by atoms with E-state index in [0.717, 1.165) is 11.8 Å². The summed E-state index contributed by atoms with van der Waals surface area (Å²) in [6.07, 6.45) is -3.83. The van der Waals surface area contributed by atoms with Gasteiger partial charge in [0.05, 0.1) is 0 Å². The summed E-state index contributed by atoms with van der Waals surface area (Å²) in [5, 5.41) is 6.10. The molecule has 0 radical (unpaired) electrons. The molecule has 4 nitrogen and oxygen atoms in total. The largest absolute Gasteiger partial charge is 0.421 e. The number of anilines is 4. The number of hydrogen-bond acceptors (Lipinski definition) is 4. The molecule has 0 aliphatic rings. The van der Waals surface area contributed by atoms with E-state index >= 15 is 0 Å². The van der Waals surface area contributed by atoms with Gasteiger partial charge in [-0.25, -0.2) is 4.98 Å². The van der Waals surface area contributed by atoms with Gasteiger partial charge in [0.15, 0.2) is 0 Å². The van der Waals surface area contributed by atoms with Gasteiger partial charge in [-0.05, 0) is 47.9 Å². The Morgan fingerprint density at radius 2 is 1.46 bits per heavy atom. The smallest absolute Gasteiger partial charge is 0.340 e. The van der Waals surface area contributed by atoms with Crippen molar-refractivity contribution in [3.63, 3.8) is 0 Å². The van der Waals surface area contributed by atoms with Gasteiger partial charge in [-0.2, -0.15) is 18.2 Å². The fourth-order valence-corrected chi connectivity index (χ4v) is 2.62. The van der Waals surface area contributed by atoms with E-state index in [9.17, 15) is 13.2 Å². The molecule has 2 N–H and O–H groups in total. The Kier molecular flexibility index (Phi) is 5.74. The van der Waals surface area contributed by atoms with Gasteiger partial charge in [0.2, 0.25) is 5.95 Å². The van der Waals surface area contributed by atoms with E-state index in [0.29, 0.717) is 22.3 Å². The summed E-state index contributed by atoms with van der Waals surface area (Å²) in [7, 11) is 0. The molecule has 0 saturated heterocycles. The second kappa shape index (κ2) is 8.06. The molecule has 0 fully saturated rings. The van der Waals surface area contributed by atoms with E-state index in [1.165, 1.54) is 0 Å². The number of nitrogens with one attached hydrogen (secondary N) is 2. The van der Waals surface area contributed by atoms with Gasteiger partial charge in [-0.1, -0.05) is 37.6 Å². The third-order valence-electron chi connectivity index (χ3n) is 4.03. The highest BCUT2D eigenvalue weighted by molar-refractivity contribution is 6.30. The van der Waals surface area contributed by atoms with Gasteiger partial charge in [0, 0.05) is 22.6 Å². The van der Waals surface area contributed by atoms with Crippen LogP contribution in [0.2, 0.25) is 5.02 Å². The minimum atomic E-state index is -4.59. The molecule has 1 aromatic heterocycles. The summed E-state index contributed by atoms with van der Waals surface area (Å²) in [6, 6.07) is 13.9. The minimum absolute atomic E-state index is 0.0572. The number of alkyl halides is 3. The van der Waals surface area contributed by atoms with Gasteiger partial charge >= 0.3 is 6.18 Å². The Balaban J connectivity index is 1.89. The van der Waals surface area contributed by atoms with Crippen molar-refractivity contribution in [2.24, 2.45) is 0 Å². The Bertz CT molecular complexity index is 939. The van der Waals surface area contributed by atoms with Crippen LogP contribution in [0.1, 0.15) is 30.9 Å². The highest BCUT2D eigenvalue weighted by Gasteiger charge is 2.35. The summed E-state index contributed by atoms with van der Waals surface area (Å²) in [5.41, 5.74) is 1.31. The monoisotopic (exact) mass is 406 g/mol. The summed E-state index contributed by atoms with van der Waals surface area (Å²) in [5.74, 6) is 0.0967. The average Bonchev–Trinajstić information content (AvgIpc) is 2.63. The lowest BCUT2D eigenvalue weighted by Gasteiger charge is -2.15. The number of aromatic nitrogens is 2. The van der Waals surface area contributed by atoms with Crippen molar-refractivity contribution in [2.75, 3.05) is 10.6 Å². The summed E-state index contributed by atoms with van der Waals surface area (Å²) in [4.78, 5) is 7.83. The van der Waals surface area contributed by atoms with Crippen LogP contribution in [0.3, 0.4) is 0 Å². The lowest BCUT2D eigenvalue weighted by Crippen LogP contribution is -2.12. The number of halogens is 4. The van der Waals surface area contributed by atoms with Crippen LogP contribution in [0.25, 0.3) is 0 Å². The maximum absolute atomic E-state index is 13.3. The first-order valence-electron chi connectivity index (χ1n) is 8.56. The van der Waals surface area contributed by atoms with Crippen LogP contribution in [0.15, 0.2) is 54.7 Å². The van der Waals surface area contributed by atoms with Crippen molar-refractivity contribution < 1.29 is 13.2 Å². The molecule has 0 bridgehead atoms. The first kappa shape index (κ1) is 19.9. The van der Waals surface area contributed by atoms with E-state index in [1.807, 2.05) is 24.3 Å². The number of hydrogen-bond donors (Lipinski definition) is 2. The van der Waals surface area contributed by atoms with Crippen molar-refractivity contribution in [3.05, 3.63) is 70.9 Å². The SMILES string of the molecule is CC(C)c1ccc(Nc2ncc(C(F)(F)F)c(Nc3ccc(Cl)cc3)n2)cc1. The van der Waals surface area contributed by atoms with Crippen molar-refractivity contribution in [1.29, 1.82) is 0 Å². The van der Waals surface area contributed by atoms with Gasteiger partial charge in [0.25, 0.3) is 0 Å². The number of benzene rings is 2. The first-order valence-corrected chi connectivity index (χ1v) is 8.94. The molecule has 0 saturated carbocycles. The Morgan fingerprint density at radius 1 is 0.893 bits per heavy atom. The van der Waals surface area contributed by atoms with Gasteiger partial charge in [0.1, 0.15) is 11.4 Å². The van der Waals surface area contributed by atoms with E-state index in [-0.39, 0.29) is 11.8 Å². The van der Waals surface area contributed by atoms with Gasteiger partial charge in [-0.15, -0.1) is 0 Å². The third-order valence-corrected chi connectivity index (χ3v) is 4.29. The predicted octanol–water partition coefficient (Wildman–Crippen LogP) is 6.76. The quantitative estimate of drug-likeness (QED) is 0.491. The Labute approximate surface area is 165 Å². The average molecular weight is 407 g/mol. The molecule has 0 aliphatic heterocycles. The molecule has 28 heavy (non-hydrogen) atoms. The van der Waals surface area contributed by atoms with Crippen molar-refractivity contribution in [3.8, 4) is 0 Å².